The zero-order valence-corrected chi connectivity index (χ0v) is 11.1. The van der Waals surface area contributed by atoms with E-state index in [0.717, 1.165) is 12.0 Å². The van der Waals surface area contributed by atoms with Crippen molar-refractivity contribution in [3.05, 3.63) is 41.8 Å². The first-order valence-corrected chi connectivity index (χ1v) is 6.29. The van der Waals surface area contributed by atoms with Crippen LogP contribution in [0.5, 0.6) is 0 Å². The summed E-state index contributed by atoms with van der Waals surface area (Å²) in [4.78, 5) is 11.8. The molecule has 0 fully saturated rings. The molecule has 6 heteroatoms. The zero-order chi connectivity index (χ0) is 14.4. The Hall–Kier alpha value is -2.21. The molecule has 1 amide bonds. The van der Waals surface area contributed by atoms with Gasteiger partial charge in [-0.1, -0.05) is 0 Å². The molecule has 2 N–H and O–H groups in total. The standard InChI is InChI=1S/C14H16FN3O2/c1-20-8-2-7-16-14(19)13-9-12(17-18-13)10-3-5-11(15)6-4-10/h3-6,9H,2,7-8H2,1H3,(H,16,19)(H,17,18). The van der Waals surface area contributed by atoms with Crippen LogP contribution in [0, 0.1) is 5.82 Å². The van der Waals surface area contributed by atoms with Crippen molar-refractivity contribution < 1.29 is 13.9 Å². The Bertz CT molecular complexity index is 566. The van der Waals surface area contributed by atoms with Gasteiger partial charge in [0.2, 0.25) is 0 Å². The average Bonchev–Trinajstić information content (AvgIpc) is 2.94. The highest BCUT2D eigenvalue weighted by atomic mass is 19.1. The topological polar surface area (TPSA) is 67.0 Å². The van der Waals surface area contributed by atoms with Crippen LogP contribution >= 0.6 is 0 Å². The lowest BCUT2D eigenvalue weighted by molar-refractivity contribution is 0.0943. The van der Waals surface area contributed by atoms with Crippen LogP contribution in [0.3, 0.4) is 0 Å². The molecule has 0 aliphatic heterocycles. The van der Waals surface area contributed by atoms with Gasteiger partial charge in [-0.2, -0.15) is 5.10 Å². The normalized spacial score (nSPS) is 10.5. The fraction of sp³-hybridized carbons (Fsp3) is 0.286. The third kappa shape index (κ3) is 3.64. The second-order valence-electron chi connectivity index (χ2n) is 4.28. The molecule has 106 valence electrons. The lowest BCUT2D eigenvalue weighted by Gasteiger charge is -2.02. The van der Waals surface area contributed by atoms with E-state index in [4.69, 9.17) is 4.74 Å². The fourth-order valence-electron chi connectivity index (χ4n) is 1.72. The Morgan fingerprint density at radius 1 is 1.40 bits per heavy atom. The van der Waals surface area contributed by atoms with Gasteiger partial charge in [0.1, 0.15) is 11.5 Å². The first-order valence-electron chi connectivity index (χ1n) is 6.29. The number of methoxy groups -OCH3 is 1. The molecule has 0 radical (unpaired) electrons. The fourth-order valence-corrected chi connectivity index (χ4v) is 1.72. The number of amides is 1. The molecule has 1 heterocycles. The van der Waals surface area contributed by atoms with Gasteiger partial charge in [0.15, 0.2) is 0 Å². The summed E-state index contributed by atoms with van der Waals surface area (Å²) in [5.41, 5.74) is 1.73. The summed E-state index contributed by atoms with van der Waals surface area (Å²) >= 11 is 0. The average molecular weight is 277 g/mol. The molecule has 1 aromatic heterocycles. The van der Waals surface area contributed by atoms with Crippen molar-refractivity contribution in [2.75, 3.05) is 20.3 Å². The van der Waals surface area contributed by atoms with Crippen molar-refractivity contribution in [2.24, 2.45) is 0 Å². The van der Waals surface area contributed by atoms with Gasteiger partial charge >= 0.3 is 0 Å². The first-order chi connectivity index (χ1) is 9.70. The predicted molar refractivity (Wildman–Crippen MR) is 72.8 cm³/mol. The molecule has 0 bridgehead atoms. The Morgan fingerprint density at radius 2 is 2.15 bits per heavy atom. The minimum Gasteiger partial charge on any atom is -0.385 e. The zero-order valence-electron chi connectivity index (χ0n) is 11.1. The maximum Gasteiger partial charge on any atom is 0.269 e. The molecule has 0 spiro atoms. The van der Waals surface area contributed by atoms with E-state index in [0.29, 0.717) is 24.5 Å². The number of carbonyl (C=O) groups is 1. The van der Waals surface area contributed by atoms with E-state index in [1.165, 1.54) is 12.1 Å². The number of nitrogens with zero attached hydrogens (tertiary/aromatic N) is 1. The van der Waals surface area contributed by atoms with Crippen LogP contribution < -0.4 is 5.32 Å². The van der Waals surface area contributed by atoms with E-state index < -0.39 is 0 Å². The third-order valence-corrected chi connectivity index (χ3v) is 2.77. The lowest BCUT2D eigenvalue weighted by Crippen LogP contribution is -2.25. The number of aromatic nitrogens is 2. The molecule has 0 saturated heterocycles. The third-order valence-electron chi connectivity index (χ3n) is 2.77. The Labute approximate surface area is 116 Å². The summed E-state index contributed by atoms with van der Waals surface area (Å²) in [5, 5.41) is 9.48. The number of benzene rings is 1. The number of aromatic amines is 1. The van der Waals surface area contributed by atoms with Crippen LogP contribution in [0.1, 0.15) is 16.9 Å². The molecule has 0 aliphatic carbocycles. The number of carbonyl (C=O) groups excluding carboxylic acids is 1. The summed E-state index contributed by atoms with van der Waals surface area (Å²) in [5.74, 6) is -0.526. The predicted octanol–water partition coefficient (Wildman–Crippen LogP) is 1.98. The van der Waals surface area contributed by atoms with Gasteiger partial charge in [-0.05, 0) is 36.8 Å². The highest BCUT2D eigenvalue weighted by molar-refractivity contribution is 5.93. The molecule has 2 aromatic rings. The molecule has 0 unspecified atom stereocenters. The molecular weight excluding hydrogens is 261 g/mol. The SMILES string of the molecule is COCCCNC(=O)c1cc(-c2ccc(F)cc2)n[nH]1. The van der Waals surface area contributed by atoms with Gasteiger partial charge in [-0.15, -0.1) is 0 Å². The minimum atomic E-state index is -0.305. The van der Waals surface area contributed by atoms with E-state index >= 15 is 0 Å². The van der Waals surface area contributed by atoms with Gasteiger partial charge in [0, 0.05) is 25.8 Å². The van der Waals surface area contributed by atoms with Crippen molar-refractivity contribution in [3.63, 3.8) is 0 Å². The maximum atomic E-state index is 12.8. The summed E-state index contributed by atoms with van der Waals surface area (Å²) in [6, 6.07) is 7.58. The van der Waals surface area contributed by atoms with Gasteiger partial charge < -0.3 is 10.1 Å². The summed E-state index contributed by atoms with van der Waals surface area (Å²) in [7, 11) is 1.62. The summed E-state index contributed by atoms with van der Waals surface area (Å²) in [6.07, 6.45) is 0.751. The largest absolute Gasteiger partial charge is 0.385 e. The highest BCUT2D eigenvalue weighted by Crippen LogP contribution is 2.17. The van der Waals surface area contributed by atoms with Crippen LogP contribution in [-0.2, 0) is 4.74 Å². The van der Waals surface area contributed by atoms with Gasteiger partial charge in [0.25, 0.3) is 5.91 Å². The van der Waals surface area contributed by atoms with E-state index in [-0.39, 0.29) is 11.7 Å². The second-order valence-corrected chi connectivity index (χ2v) is 4.28. The van der Waals surface area contributed by atoms with E-state index in [9.17, 15) is 9.18 Å². The van der Waals surface area contributed by atoms with Crippen molar-refractivity contribution in [2.45, 2.75) is 6.42 Å². The number of rotatable bonds is 6. The second kappa shape index (κ2) is 6.81. The first kappa shape index (κ1) is 14.2. The molecule has 0 saturated carbocycles. The number of halogens is 1. The van der Waals surface area contributed by atoms with Gasteiger partial charge in [-0.3, -0.25) is 9.89 Å². The Balaban J connectivity index is 1.98. The Kier molecular flexibility index (Phi) is 4.84. The quantitative estimate of drug-likeness (QED) is 0.793. The van der Waals surface area contributed by atoms with Crippen molar-refractivity contribution >= 4 is 5.91 Å². The number of H-pyrrole nitrogens is 1. The molecule has 1 aromatic carbocycles. The molecule has 20 heavy (non-hydrogen) atoms. The van der Waals surface area contributed by atoms with Crippen LogP contribution in [0.4, 0.5) is 4.39 Å². The highest BCUT2D eigenvalue weighted by Gasteiger charge is 2.10. The summed E-state index contributed by atoms with van der Waals surface area (Å²) in [6.45, 7) is 1.14. The molecule has 5 nitrogen and oxygen atoms in total. The minimum absolute atomic E-state index is 0.220. The monoisotopic (exact) mass is 277 g/mol. The van der Waals surface area contributed by atoms with Crippen LogP contribution in [0.15, 0.2) is 30.3 Å². The lowest BCUT2D eigenvalue weighted by atomic mass is 10.1. The number of ether oxygens (including phenoxy) is 1. The number of hydrogen-bond acceptors (Lipinski definition) is 3. The molecule has 0 aliphatic rings. The van der Waals surface area contributed by atoms with E-state index in [1.54, 1.807) is 25.3 Å². The van der Waals surface area contributed by atoms with Crippen molar-refractivity contribution in [1.29, 1.82) is 0 Å². The van der Waals surface area contributed by atoms with Crippen LogP contribution in [0.25, 0.3) is 11.3 Å². The van der Waals surface area contributed by atoms with Crippen molar-refractivity contribution in [1.82, 2.24) is 15.5 Å². The van der Waals surface area contributed by atoms with E-state index in [1.807, 2.05) is 0 Å². The smallest absolute Gasteiger partial charge is 0.269 e. The van der Waals surface area contributed by atoms with Crippen LogP contribution in [-0.4, -0.2) is 36.4 Å². The van der Waals surface area contributed by atoms with Crippen molar-refractivity contribution in [3.8, 4) is 11.3 Å². The van der Waals surface area contributed by atoms with Gasteiger partial charge in [0.05, 0.1) is 5.69 Å². The van der Waals surface area contributed by atoms with Crippen LogP contribution in [0.2, 0.25) is 0 Å². The molecular formula is C14H16FN3O2. The molecule has 0 atom stereocenters. The van der Waals surface area contributed by atoms with Gasteiger partial charge in [-0.25, -0.2) is 4.39 Å². The number of nitrogens with one attached hydrogen (secondary N) is 2. The summed E-state index contributed by atoms with van der Waals surface area (Å²) < 4.78 is 17.7. The number of hydrogen-bond donors (Lipinski definition) is 2. The van der Waals surface area contributed by atoms with E-state index in [2.05, 4.69) is 15.5 Å². The maximum absolute atomic E-state index is 12.8. The molecule has 2 rings (SSSR count). The Morgan fingerprint density at radius 3 is 2.85 bits per heavy atom.